The second-order valence-electron chi connectivity index (χ2n) is 24.0. The fraction of sp³-hybridized carbons (Fsp3) is 0.235. The second kappa shape index (κ2) is 16.2. The third-order valence-electron chi connectivity index (χ3n) is 14.9. The van der Waals surface area contributed by atoms with Gasteiger partial charge in [0.1, 0.15) is 0 Å². The summed E-state index contributed by atoms with van der Waals surface area (Å²) in [7, 11) is 0. The fourth-order valence-electron chi connectivity index (χ4n) is 10.8. The van der Waals surface area contributed by atoms with Crippen LogP contribution in [0, 0.1) is 0 Å². The van der Waals surface area contributed by atoms with E-state index in [1.54, 1.807) is 0 Å². The van der Waals surface area contributed by atoms with Crippen LogP contribution in [0.1, 0.15) is 105 Å². The Morgan fingerprint density at radius 1 is 0.314 bits per heavy atom. The van der Waals surface area contributed by atoms with E-state index >= 15 is 0 Å². The zero-order chi connectivity index (χ0) is 49.1. The Balaban J connectivity index is 1.18. The maximum Gasteiger partial charge on any atom is 0.0541 e. The number of aromatic nitrogens is 1. The fourth-order valence-corrected chi connectivity index (χ4v) is 10.8. The molecule has 2 heteroatoms. The van der Waals surface area contributed by atoms with E-state index in [1.165, 1.54) is 104 Å². The monoisotopic (exact) mass is 911 g/mol. The van der Waals surface area contributed by atoms with E-state index in [9.17, 15) is 0 Å². The van der Waals surface area contributed by atoms with Crippen LogP contribution in [-0.4, -0.2) is 4.57 Å². The lowest BCUT2D eigenvalue weighted by molar-refractivity contribution is 0.590. The summed E-state index contributed by atoms with van der Waals surface area (Å²) in [5.74, 6) is 0. The van der Waals surface area contributed by atoms with Crippen molar-refractivity contribution in [2.24, 2.45) is 0 Å². The van der Waals surface area contributed by atoms with Gasteiger partial charge in [-0.3, -0.25) is 0 Å². The molecule has 1 aromatic heterocycles. The number of fused-ring (bicyclic) bond motifs is 3. The average Bonchev–Trinajstić information content (AvgIpc) is 3.66. The molecule has 0 bridgehead atoms. The Bertz CT molecular complexity index is 3710. The lowest BCUT2D eigenvalue weighted by atomic mass is 9.83. The van der Waals surface area contributed by atoms with Crippen LogP contribution in [0.3, 0.4) is 0 Å². The molecule has 0 amide bonds. The van der Waals surface area contributed by atoms with Crippen molar-refractivity contribution in [3.05, 3.63) is 204 Å². The number of nitrogens with zero attached hydrogens (tertiary/aromatic N) is 2. The normalized spacial score (nSPS) is 12.9. The third kappa shape index (κ3) is 7.83. The lowest BCUT2D eigenvalue weighted by Gasteiger charge is -2.31. The van der Waals surface area contributed by atoms with Crippen LogP contribution in [0.2, 0.25) is 0 Å². The van der Waals surface area contributed by atoms with Crippen molar-refractivity contribution in [3.8, 4) is 27.9 Å². The molecule has 0 unspecified atom stereocenters. The summed E-state index contributed by atoms with van der Waals surface area (Å²) >= 11 is 0. The summed E-state index contributed by atoms with van der Waals surface area (Å²) < 4.78 is 2.53. The Hall–Kier alpha value is -7.16. The first-order valence-electron chi connectivity index (χ1n) is 25.2. The van der Waals surface area contributed by atoms with Gasteiger partial charge in [0.05, 0.1) is 22.4 Å². The van der Waals surface area contributed by atoms with Crippen molar-refractivity contribution in [1.82, 2.24) is 4.57 Å². The molecule has 11 rings (SSSR count). The highest BCUT2D eigenvalue weighted by Crippen LogP contribution is 2.48. The van der Waals surface area contributed by atoms with Gasteiger partial charge in [0.15, 0.2) is 0 Å². The van der Waals surface area contributed by atoms with Crippen LogP contribution in [0.25, 0.3) is 82.1 Å². The predicted octanol–water partition coefficient (Wildman–Crippen LogP) is 19.7. The van der Waals surface area contributed by atoms with Crippen molar-refractivity contribution >= 4 is 71.2 Å². The van der Waals surface area contributed by atoms with E-state index in [1.807, 2.05) is 0 Å². The lowest BCUT2D eigenvalue weighted by Crippen LogP contribution is -2.15. The summed E-state index contributed by atoms with van der Waals surface area (Å²) in [6.45, 7) is 27.7. The van der Waals surface area contributed by atoms with Gasteiger partial charge in [-0.05, 0) is 148 Å². The number of rotatable bonds is 6. The number of benzene rings is 10. The van der Waals surface area contributed by atoms with Gasteiger partial charge in [0, 0.05) is 32.9 Å². The minimum absolute atomic E-state index is 0.0268. The average molecular weight is 911 g/mol. The Labute approximate surface area is 415 Å². The molecule has 0 aliphatic carbocycles. The summed E-state index contributed by atoms with van der Waals surface area (Å²) in [4.78, 5) is 2.52. The SMILES string of the molecule is CC(C)(C)c1ccc(-c2cc(N(c3cccc(-c4ccccc4)c3)c3ccc4ccc5c(-n6c7ccc(C(C)(C)C)cc7c7cc(C(C)(C)C)ccc76)ccc6ccc3c4c65)cc(C(C)(C)C)c2)cc1. The first kappa shape index (κ1) is 45.3. The molecule has 1 heterocycles. The molecule has 0 aliphatic rings. The van der Waals surface area contributed by atoms with Gasteiger partial charge in [0.25, 0.3) is 0 Å². The molecule has 70 heavy (non-hydrogen) atoms. The molecule has 0 radical (unpaired) electrons. The van der Waals surface area contributed by atoms with Crippen LogP contribution in [0.5, 0.6) is 0 Å². The highest BCUT2D eigenvalue weighted by atomic mass is 15.1. The zero-order valence-electron chi connectivity index (χ0n) is 43.2. The van der Waals surface area contributed by atoms with Gasteiger partial charge >= 0.3 is 0 Å². The van der Waals surface area contributed by atoms with Crippen molar-refractivity contribution in [3.63, 3.8) is 0 Å². The number of anilines is 3. The second-order valence-corrected chi connectivity index (χ2v) is 24.0. The van der Waals surface area contributed by atoms with Gasteiger partial charge in [-0.15, -0.1) is 0 Å². The Morgan fingerprint density at radius 3 is 1.41 bits per heavy atom. The molecule has 0 N–H and O–H groups in total. The molecule has 0 atom stereocenters. The number of hydrogen-bond acceptors (Lipinski definition) is 1. The molecule has 0 spiro atoms. The largest absolute Gasteiger partial charge is 0.310 e. The van der Waals surface area contributed by atoms with E-state index in [0.717, 1.165) is 17.1 Å². The van der Waals surface area contributed by atoms with Crippen molar-refractivity contribution in [2.75, 3.05) is 4.90 Å². The van der Waals surface area contributed by atoms with E-state index in [0.29, 0.717) is 0 Å². The van der Waals surface area contributed by atoms with E-state index in [-0.39, 0.29) is 21.7 Å². The van der Waals surface area contributed by atoms with Gasteiger partial charge < -0.3 is 9.47 Å². The van der Waals surface area contributed by atoms with Crippen LogP contribution in [0.4, 0.5) is 17.1 Å². The minimum Gasteiger partial charge on any atom is -0.310 e. The van der Waals surface area contributed by atoms with Gasteiger partial charge in [-0.2, -0.15) is 0 Å². The Morgan fingerprint density at radius 2 is 0.814 bits per heavy atom. The summed E-state index contributed by atoms with van der Waals surface area (Å²) in [6.07, 6.45) is 0. The molecule has 10 aromatic carbocycles. The third-order valence-corrected chi connectivity index (χ3v) is 14.9. The van der Waals surface area contributed by atoms with Crippen LogP contribution >= 0.6 is 0 Å². The first-order chi connectivity index (χ1) is 33.2. The summed E-state index contributed by atoms with van der Waals surface area (Å²) in [6, 6.07) is 69.5. The molecule has 348 valence electrons. The van der Waals surface area contributed by atoms with Crippen LogP contribution < -0.4 is 4.90 Å². The van der Waals surface area contributed by atoms with Crippen LogP contribution in [-0.2, 0) is 21.7 Å². The van der Waals surface area contributed by atoms with Crippen LogP contribution in [0.15, 0.2) is 182 Å². The topological polar surface area (TPSA) is 8.17 Å². The van der Waals surface area contributed by atoms with E-state index < -0.39 is 0 Å². The van der Waals surface area contributed by atoms with E-state index in [2.05, 4.69) is 275 Å². The van der Waals surface area contributed by atoms with Gasteiger partial charge in [-0.1, -0.05) is 204 Å². The van der Waals surface area contributed by atoms with Gasteiger partial charge in [0.2, 0.25) is 0 Å². The first-order valence-corrected chi connectivity index (χ1v) is 25.2. The Kier molecular flexibility index (Phi) is 10.5. The smallest absolute Gasteiger partial charge is 0.0541 e. The molecule has 2 nitrogen and oxygen atoms in total. The molecular formula is C68H66N2. The van der Waals surface area contributed by atoms with E-state index in [4.69, 9.17) is 0 Å². The molecule has 0 saturated heterocycles. The molecule has 11 aromatic rings. The number of hydrogen-bond donors (Lipinski definition) is 0. The van der Waals surface area contributed by atoms with Crippen molar-refractivity contribution in [1.29, 1.82) is 0 Å². The predicted molar refractivity (Wildman–Crippen MR) is 305 cm³/mol. The highest BCUT2D eigenvalue weighted by Gasteiger charge is 2.26. The van der Waals surface area contributed by atoms with Crippen molar-refractivity contribution < 1.29 is 0 Å². The summed E-state index contributed by atoms with van der Waals surface area (Å²) in [5, 5.41) is 10.1. The maximum absolute atomic E-state index is 2.53. The molecule has 0 saturated carbocycles. The van der Waals surface area contributed by atoms with Gasteiger partial charge in [-0.25, -0.2) is 0 Å². The molecule has 0 aliphatic heterocycles. The van der Waals surface area contributed by atoms with Crippen molar-refractivity contribution in [2.45, 2.75) is 105 Å². The standard InChI is InChI=1S/C68H66N2/c1-65(2,3)49-27-21-44(22-28-49)48-37-52(68(10,11)12)40-54(39-48)69(53-20-16-19-47(38-53)43-17-14-13-15-18-43)59-33-25-45-24-32-56-60(34-26-46-23-31-55(59)63(45)64(46)56)70-61-35-29-50(66(4,5)6)41-57(61)58-42-51(67(7,8)9)30-36-62(58)70/h13-42H,1-12H3. The molecule has 0 fully saturated rings. The summed E-state index contributed by atoms with van der Waals surface area (Å²) in [5.41, 5.74) is 17.2. The highest BCUT2D eigenvalue weighted by molar-refractivity contribution is 6.27. The quantitative estimate of drug-likeness (QED) is 0.151. The minimum atomic E-state index is -0.0951. The zero-order valence-corrected chi connectivity index (χ0v) is 43.2. The maximum atomic E-state index is 2.53. The molecular weight excluding hydrogens is 845 g/mol.